The lowest BCUT2D eigenvalue weighted by Gasteiger charge is -2.43. The molecule has 0 amide bonds. The normalized spacial score (nSPS) is 22.2. The highest BCUT2D eigenvalue weighted by atomic mass is 32.2. The maximum Gasteiger partial charge on any atom is 0.155 e. The Hall–Kier alpha value is -1.40. The topological polar surface area (TPSA) is 63.7 Å². The highest BCUT2D eigenvalue weighted by Gasteiger charge is 2.31. The average molecular weight is 466 g/mol. The molecule has 1 aromatic carbocycles. The van der Waals surface area contributed by atoms with E-state index in [2.05, 4.69) is 51.7 Å². The summed E-state index contributed by atoms with van der Waals surface area (Å²) in [6, 6.07) is 4.56. The highest BCUT2D eigenvalue weighted by Crippen LogP contribution is 2.31. The van der Waals surface area contributed by atoms with Gasteiger partial charge in [0.05, 0.1) is 28.7 Å². The average Bonchev–Trinajstić information content (AvgIpc) is 2.67. The number of rotatable bonds is 9. The summed E-state index contributed by atoms with van der Waals surface area (Å²) >= 11 is 0. The third-order valence-electron chi connectivity index (χ3n) is 6.94. The number of sulfone groups is 1. The SMILES string of the molecule is Cc1c(CC(=O)CCCCCS(=O)(=O)C(C)(C)C)ccc(N2CC(C)O[C@H](C)C2C)c1C. The van der Waals surface area contributed by atoms with Gasteiger partial charge in [0.25, 0.3) is 0 Å². The van der Waals surface area contributed by atoms with Crippen molar-refractivity contribution in [1.82, 2.24) is 0 Å². The summed E-state index contributed by atoms with van der Waals surface area (Å²) in [6.45, 7) is 16.8. The molecule has 1 heterocycles. The molecule has 0 radical (unpaired) electrons. The second kappa shape index (κ2) is 10.7. The van der Waals surface area contributed by atoms with Crippen LogP contribution < -0.4 is 4.90 Å². The van der Waals surface area contributed by atoms with Crippen LogP contribution in [-0.4, -0.2) is 49.5 Å². The minimum Gasteiger partial charge on any atom is -0.372 e. The Labute approximate surface area is 195 Å². The van der Waals surface area contributed by atoms with Crippen LogP contribution in [0.2, 0.25) is 0 Å². The van der Waals surface area contributed by atoms with Crippen molar-refractivity contribution in [2.45, 2.75) is 110 Å². The van der Waals surface area contributed by atoms with E-state index >= 15 is 0 Å². The number of unbranched alkanes of at least 4 members (excludes halogenated alkanes) is 2. The van der Waals surface area contributed by atoms with Gasteiger partial charge in [0.2, 0.25) is 0 Å². The van der Waals surface area contributed by atoms with Crippen LogP contribution >= 0.6 is 0 Å². The standard InChI is InChI=1S/C26H43NO4S/c1-18-17-27(21(4)22(5)31-18)25-14-13-23(19(2)20(25)3)16-24(28)12-10-9-11-15-32(29,30)26(6,7)8/h13-14,18,21-22H,9-12,15-17H2,1-8H3/t18?,21?,22-/m1/s1. The molecule has 3 atom stereocenters. The molecule has 0 spiro atoms. The zero-order valence-electron chi connectivity index (χ0n) is 21.3. The molecule has 32 heavy (non-hydrogen) atoms. The molecule has 0 N–H and O–H groups in total. The molecular weight excluding hydrogens is 422 g/mol. The molecule has 1 aliphatic rings. The molecular formula is C26H43NO4S. The summed E-state index contributed by atoms with van der Waals surface area (Å²) in [6.07, 6.45) is 3.45. The number of Topliss-reactive ketones (excluding diaryl/α,β-unsaturated/α-hetero) is 1. The molecule has 0 aromatic heterocycles. The van der Waals surface area contributed by atoms with Crippen molar-refractivity contribution in [2.24, 2.45) is 0 Å². The van der Waals surface area contributed by atoms with E-state index in [0.717, 1.165) is 24.9 Å². The lowest BCUT2D eigenvalue weighted by molar-refractivity contribution is -0.118. The van der Waals surface area contributed by atoms with Gasteiger partial charge >= 0.3 is 0 Å². The summed E-state index contributed by atoms with van der Waals surface area (Å²) < 4.78 is 29.6. The number of hydrogen-bond acceptors (Lipinski definition) is 5. The number of morpholine rings is 1. The minimum absolute atomic E-state index is 0.179. The molecule has 0 saturated carbocycles. The van der Waals surface area contributed by atoms with E-state index in [1.165, 1.54) is 16.8 Å². The van der Waals surface area contributed by atoms with E-state index in [1.807, 2.05) is 0 Å². The molecule has 1 fully saturated rings. The highest BCUT2D eigenvalue weighted by molar-refractivity contribution is 7.92. The Balaban J connectivity index is 1.92. The first-order valence-electron chi connectivity index (χ1n) is 12.0. The minimum atomic E-state index is -3.08. The second-order valence-corrected chi connectivity index (χ2v) is 13.4. The fraction of sp³-hybridized carbons (Fsp3) is 0.731. The Bertz CT molecular complexity index is 901. The van der Waals surface area contributed by atoms with Gasteiger partial charge in [-0.25, -0.2) is 8.42 Å². The molecule has 1 saturated heterocycles. The van der Waals surface area contributed by atoms with Crippen molar-refractivity contribution in [3.63, 3.8) is 0 Å². The summed E-state index contributed by atoms with van der Waals surface area (Å²) in [5.74, 6) is 0.419. The summed E-state index contributed by atoms with van der Waals surface area (Å²) in [5.41, 5.74) is 4.74. The van der Waals surface area contributed by atoms with Crippen molar-refractivity contribution in [1.29, 1.82) is 0 Å². The Morgan fingerprint density at radius 1 is 1.06 bits per heavy atom. The van der Waals surface area contributed by atoms with Crippen LogP contribution in [0.4, 0.5) is 5.69 Å². The summed E-state index contributed by atoms with van der Waals surface area (Å²) in [7, 11) is -3.08. The molecule has 1 aliphatic heterocycles. The molecule has 0 bridgehead atoms. The Morgan fingerprint density at radius 3 is 2.34 bits per heavy atom. The number of hydrogen-bond donors (Lipinski definition) is 0. The first kappa shape index (κ1) is 26.8. The van der Waals surface area contributed by atoms with Gasteiger partial charge in [-0.15, -0.1) is 0 Å². The third kappa shape index (κ3) is 6.57. The van der Waals surface area contributed by atoms with Crippen LogP contribution in [0.3, 0.4) is 0 Å². The Kier molecular flexibility index (Phi) is 8.97. The van der Waals surface area contributed by atoms with E-state index in [-0.39, 0.29) is 23.7 Å². The van der Waals surface area contributed by atoms with Gasteiger partial charge in [0, 0.05) is 25.1 Å². The van der Waals surface area contributed by atoms with Crippen LogP contribution in [0.5, 0.6) is 0 Å². The van der Waals surface area contributed by atoms with E-state index in [4.69, 9.17) is 4.74 Å². The predicted molar refractivity (Wildman–Crippen MR) is 133 cm³/mol. The van der Waals surface area contributed by atoms with E-state index in [9.17, 15) is 13.2 Å². The van der Waals surface area contributed by atoms with Gasteiger partial charge in [0.15, 0.2) is 9.84 Å². The number of benzene rings is 1. The van der Waals surface area contributed by atoms with Gasteiger partial charge in [-0.3, -0.25) is 4.79 Å². The molecule has 2 unspecified atom stereocenters. The van der Waals surface area contributed by atoms with Gasteiger partial charge in [0.1, 0.15) is 5.78 Å². The van der Waals surface area contributed by atoms with Crippen molar-refractivity contribution in [3.8, 4) is 0 Å². The molecule has 1 aromatic rings. The maximum atomic E-state index is 12.6. The van der Waals surface area contributed by atoms with E-state index in [1.54, 1.807) is 20.8 Å². The van der Waals surface area contributed by atoms with Crippen LogP contribution in [-0.2, 0) is 25.8 Å². The Morgan fingerprint density at radius 2 is 1.72 bits per heavy atom. The van der Waals surface area contributed by atoms with Crippen molar-refractivity contribution in [2.75, 3.05) is 17.2 Å². The van der Waals surface area contributed by atoms with Crippen molar-refractivity contribution < 1.29 is 17.9 Å². The third-order valence-corrected chi connectivity index (χ3v) is 9.63. The van der Waals surface area contributed by atoms with Crippen LogP contribution in [0, 0.1) is 13.8 Å². The van der Waals surface area contributed by atoms with Gasteiger partial charge in [-0.05, 0) is 91.0 Å². The van der Waals surface area contributed by atoms with Crippen LogP contribution in [0.25, 0.3) is 0 Å². The zero-order valence-corrected chi connectivity index (χ0v) is 22.1. The fourth-order valence-electron chi connectivity index (χ4n) is 4.30. The zero-order chi connectivity index (χ0) is 24.3. The molecule has 182 valence electrons. The van der Waals surface area contributed by atoms with Gasteiger partial charge in [-0.1, -0.05) is 12.5 Å². The molecule has 5 nitrogen and oxygen atoms in total. The molecule has 6 heteroatoms. The van der Waals surface area contributed by atoms with Crippen LogP contribution in [0.1, 0.15) is 83.9 Å². The number of anilines is 1. The van der Waals surface area contributed by atoms with Crippen molar-refractivity contribution in [3.05, 3.63) is 28.8 Å². The summed E-state index contributed by atoms with van der Waals surface area (Å²) in [5, 5.41) is 0. The smallest absolute Gasteiger partial charge is 0.155 e. The number of carbonyl (C=O) groups excluding carboxylic acids is 1. The van der Waals surface area contributed by atoms with E-state index in [0.29, 0.717) is 25.3 Å². The monoisotopic (exact) mass is 465 g/mol. The molecule has 2 rings (SSSR count). The molecule has 0 aliphatic carbocycles. The largest absolute Gasteiger partial charge is 0.372 e. The second-order valence-electron chi connectivity index (χ2n) is 10.5. The van der Waals surface area contributed by atoms with Crippen LogP contribution in [0.15, 0.2) is 12.1 Å². The lowest BCUT2D eigenvalue weighted by atomic mass is 9.94. The number of nitrogens with zero attached hydrogens (tertiary/aromatic N) is 1. The number of ether oxygens (including phenoxy) is 1. The summed E-state index contributed by atoms with van der Waals surface area (Å²) in [4.78, 5) is 15.0. The van der Waals surface area contributed by atoms with Gasteiger partial charge in [-0.2, -0.15) is 0 Å². The van der Waals surface area contributed by atoms with E-state index < -0.39 is 14.6 Å². The number of carbonyl (C=O) groups is 1. The first-order valence-corrected chi connectivity index (χ1v) is 13.6. The van der Waals surface area contributed by atoms with Crippen molar-refractivity contribution >= 4 is 21.3 Å². The maximum absolute atomic E-state index is 12.6. The first-order chi connectivity index (χ1) is 14.7. The lowest BCUT2D eigenvalue weighted by Crippen LogP contribution is -2.52. The quantitative estimate of drug-likeness (QED) is 0.470. The fourth-order valence-corrected chi connectivity index (χ4v) is 5.50. The van der Waals surface area contributed by atoms with Gasteiger partial charge < -0.3 is 9.64 Å². The predicted octanol–water partition coefficient (Wildman–Crippen LogP) is 5.19. The number of ketones is 1.